The standard InChI is InChI=1S/C14H22N4O4S.ClH/c19-14(17-11-2-1-3-15-9-11)13-8-12(10-16-13)23(20,21)18-4-6-22-7-5-18;/h8,10-11,15-16H,1-7,9H2,(H,17,19);1H/t11-;/m0./s1. The van der Waals surface area contributed by atoms with Crippen LogP contribution in [0.4, 0.5) is 0 Å². The summed E-state index contributed by atoms with van der Waals surface area (Å²) in [7, 11) is -3.58. The SMILES string of the molecule is Cl.O=C(N[C@H]1CCCNC1)c1cc(S(=O)(=O)N2CCOCC2)c[nH]1. The van der Waals surface area contributed by atoms with E-state index in [9.17, 15) is 13.2 Å². The van der Waals surface area contributed by atoms with Gasteiger partial charge in [-0.05, 0) is 25.5 Å². The Bertz CT molecular complexity index is 651. The summed E-state index contributed by atoms with van der Waals surface area (Å²) in [5, 5.41) is 6.14. The zero-order valence-corrected chi connectivity index (χ0v) is 14.9. The Morgan fingerprint density at radius 2 is 2.08 bits per heavy atom. The van der Waals surface area contributed by atoms with E-state index in [0.717, 1.165) is 25.9 Å². The second-order valence-corrected chi connectivity index (χ2v) is 7.72. The van der Waals surface area contributed by atoms with Gasteiger partial charge in [0.1, 0.15) is 10.6 Å². The number of H-pyrrole nitrogens is 1. The molecule has 0 aromatic carbocycles. The van der Waals surface area contributed by atoms with Gasteiger partial charge in [0, 0.05) is 31.9 Å². The van der Waals surface area contributed by atoms with Crippen molar-refractivity contribution in [3.8, 4) is 0 Å². The average molecular weight is 379 g/mol. The van der Waals surface area contributed by atoms with E-state index in [0.29, 0.717) is 26.3 Å². The molecule has 10 heteroatoms. The lowest BCUT2D eigenvalue weighted by Gasteiger charge is -2.25. The molecule has 8 nitrogen and oxygen atoms in total. The summed E-state index contributed by atoms with van der Waals surface area (Å²) in [6.07, 6.45) is 3.32. The van der Waals surface area contributed by atoms with Gasteiger partial charge < -0.3 is 20.4 Å². The number of hydrogen-bond donors (Lipinski definition) is 3. The number of aromatic amines is 1. The molecule has 1 aromatic rings. The molecule has 1 atom stereocenters. The van der Waals surface area contributed by atoms with Gasteiger partial charge in [-0.2, -0.15) is 4.31 Å². The molecular formula is C14H23ClN4O4S. The molecule has 2 aliphatic rings. The molecule has 0 unspecified atom stereocenters. The summed E-state index contributed by atoms with van der Waals surface area (Å²) in [6.45, 7) is 3.17. The lowest BCUT2D eigenvalue weighted by Crippen LogP contribution is -2.45. The highest BCUT2D eigenvalue weighted by molar-refractivity contribution is 7.89. The van der Waals surface area contributed by atoms with Crippen molar-refractivity contribution < 1.29 is 17.9 Å². The molecule has 0 aliphatic carbocycles. The molecule has 1 aromatic heterocycles. The van der Waals surface area contributed by atoms with Gasteiger partial charge in [-0.15, -0.1) is 12.4 Å². The number of nitrogens with zero attached hydrogens (tertiary/aromatic N) is 1. The van der Waals surface area contributed by atoms with E-state index in [-0.39, 0.29) is 34.9 Å². The van der Waals surface area contributed by atoms with E-state index in [1.807, 2.05) is 0 Å². The van der Waals surface area contributed by atoms with Crippen LogP contribution in [0.25, 0.3) is 0 Å². The average Bonchev–Trinajstić information content (AvgIpc) is 3.07. The van der Waals surface area contributed by atoms with Gasteiger partial charge >= 0.3 is 0 Å². The third kappa shape index (κ3) is 4.28. The van der Waals surface area contributed by atoms with Crippen LogP contribution in [-0.4, -0.2) is 69.0 Å². The van der Waals surface area contributed by atoms with Crippen LogP contribution < -0.4 is 10.6 Å². The number of halogens is 1. The minimum atomic E-state index is -3.58. The molecule has 1 amide bonds. The minimum Gasteiger partial charge on any atom is -0.379 e. The number of aromatic nitrogens is 1. The van der Waals surface area contributed by atoms with Crippen LogP contribution in [-0.2, 0) is 14.8 Å². The lowest BCUT2D eigenvalue weighted by molar-refractivity contribution is 0.0730. The van der Waals surface area contributed by atoms with Crippen molar-refractivity contribution in [2.45, 2.75) is 23.8 Å². The summed E-state index contributed by atoms with van der Waals surface area (Å²) in [5.74, 6) is -0.276. The first kappa shape index (κ1) is 19.2. The maximum atomic E-state index is 12.5. The van der Waals surface area contributed by atoms with Crippen molar-refractivity contribution >= 4 is 28.3 Å². The quantitative estimate of drug-likeness (QED) is 0.681. The first-order valence-corrected chi connectivity index (χ1v) is 9.29. The van der Waals surface area contributed by atoms with Gasteiger partial charge in [0.15, 0.2) is 0 Å². The zero-order valence-electron chi connectivity index (χ0n) is 13.3. The second kappa shape index (κ2) is 8.30. The molecule has 0 saturated carbocycles. The Kier molecular flexibility index (Phi) is 6.64. The zero-order chi connectivity index (χ0) is 16.3. The number of piperidine rings is 1. The maximum absolute atomic E-state index is 12.5. The summed E-state index contributed by atoms with van der Waals surface area (Å²) < 4.78 is 31.6. The molecule has 2 aliphatic heterocycles. The van der Waals surface area contributed by atoms with Crippen LogP contribution in [0, 0.1) is 0 Å². The van der Waals surface area contributed by atoms with E-state index in [4.69, 9.17) is 4.74 Å². The molecular weight excluding hydrogens is 356 g/mol. The van der Waals surface area contributed by atoms with E-state index >= 15 is 0 Å². The normalized spacial score (nSPS) is 22.6. The smallest absolute Gasteiger partial charge is 0.267 e. The first-order valence-electron chi connectivity index (χ1n) is 7.85. The number of amides is 1. The van der Waals surface area contributed by atoms with Crippen molar-refractivity contribution in [1.29, 1.82) is 0 Å². The Balaban J connectivity index is 0.00000208. The summed E-state index contributed by atoms with van der Waals surface area (Å²) >= 11 is 0. The van der Waals surface area contributed by atoms with Crippen LogP contribution in [0.3, 0.4) is 0 Å². The van der Waals surface area contributed by atoms with Crippen molar-refractivity contribution in [2.24, 2.45) is 0 Å². The van der Waals surface area contributed by atoms with Crippen molar-refractivity contribution in [1.82, 2.24) is 19.9 Å². The first-order chi connectivity index (χ1) is 11.1. The molecule has 3 rings (SSSR count). The fourth-order valence-corrected chi connectivity index (χ4v) is 4.23. The Morgan fingerprint density at radius 1 is 1.33 bits per heavy atom. The highest BCUT2D eigenvalue weighted by atomic mass is 35.5. The van der Waals surface area contributed by atoms with Gasteiger partial charge in [0.2, 0.25) is 10.0 Å². The minimum absolute atomic E-state index is 0. The lowest BCUT2D eigenvalue weighted by atomic mass is 10.1. The van der Waals surface area contributed by atoms with Gasteiger partial charge in [-0.1, -0.05) is 0 Å². The molecule has 3 heterocycles. The third-order valence-corrected chi connectivity index (χ3v) is 6.02. The molecule has 2 saturated heterocycles. The van der Waals surface area contributed by atoms with Gasteiger partial charge in [-0.25, -0.2) is 8.42 Å². The Labute approximate surface area is 147 Å². The Hall–Kier alpha value is -1.13. The fraction of sp³-hybridized carbons (Fsp3) is 0.643. The predicted octanol–water partition coefficient (Wildman–Crippen LogP) is -0.0608. The maximum Gasteiger partial charge on any atom is 0.267 e. The van der Waals surface area contributed by atoms with E-state index in [2.05, 4.69) is 15.6 Å². The van der Waals surface area contributed by atoms with Crippen molar-refractivity contribution in [3.05, 3.63) is 18.0 Å². The van der Waals surface area contributed by atoms with Gasteiger partial charge in [0.05, 0.1) is 13.2 Å². The number of carbonyl (C=O) groups excluding carboxylic acids is 1. The summed E-state index contributed by atoms with van der Waals surface area (Å²) in [6, 6.07) is 1.48. The number of hydrogen-bond acceptors (Lipinski definition) is 5. The fourth-order valence-electron chi connectivity index (χ4n) is 2.83. The van der Waals surface area contributed by atoms with Gasteiger partial charge in [0.25, 0.3) is 5.91 Å². The number of nitrogens with one attached hydrogen (secondary N) is 3. The van der Waals surface area contributed by atoms with E-state index in [1.54, 1.807) is 0 Å². The van der Waals surface area contributed by atoms with Crippen LogP contribution in [0.5, 0.6) is 0 Å². The molecule has 3 N–H and O–H groups in total. The number of sulfonamides is 1. The van der Waals surface area contributed by atoms with Crippen LogP contribution in [0.2, 0.25) is 0 Å². The molecule has 2 fully saturated rings. The van der Waals surface area contributed by atoms with Gasteiger partial charge in [-0.3, -0.25) is 4.79 Å². The largest absolute Gasteiger partial charge is 0.379 e. The monoisotopic (exact) mass is 378 g/mol. The van der Waals surface area contributed by atoms with Crippen LogP contribution >= 0.6 is 12.4 Å². The highest BCUT2D eigenvalue weighted by Crippen LogP contribution is 2.18. The molecule has 136 valence electrons. The third-order valence-electron chi connectivity index (χ3n) is 4.14. The van der Waals surface area contributed by atoms with Crippen LogP contribution in [0.1, 0.15) is 23.3 Å². The number of carbonyl (C=O) groups is 1. The summed E-state index contributed by atoms with van der Waals surface area (Å²) in [4.78, 5) is 15.1. The van der Waals surface area contributed by atoms with Crippen molar-refractivity contribution in [3.63, 3.8) is 0 Å². The molecule has 0 bridgehead atoms. The second-order valence-electron chi connectivity index (χ2n) is 5.78. The van der Waals surface area contributed by atoms with Crippen molar-refractivity contribution in [2.75, 3.05) is 39.4 Å². The Morgan fingerprint density at radius 3 is 2.75 bits per heavy atom. The predicted molar refractivity (Wildman–Crippen MR) is 91.0 cm³/mol. The highest BCUT2D eigenvalue weighted by Gasteiger charge is 2.28. The number of ether oxygens (including phenoxy) is 1. The topological polar surface area (TPSA) is 104 Å². The summed E-state index contributed by atoms with van der Waals surface area (Å²) in [5.41, 5.74) is 0.266. The van der Waals surface area contributed by atoms with E-state index < -0.39 is 10.0 Å². The van der Waals surface area contributed by atoms with E-state index in [1.165, 1.54) is 16.6 Å². The molecule has 0 spiro atoms. The number of morpholine rings is 1. The van der Waals surface area contributed by atoms with Crippen LogP contribution in [0.15, 0.2) is 17.2 Å². The molecule has 24 heavy (non-hydrogen) atoms. The molecule has 0 radical (unpaired) electrons. The number of rotatable bonds is 4.